The molecule has 0 aliphatic rings. The van der Waals surface area contributed by atoms with Crippen LogP contribution in [0.1, 0.15) is 38.8 Å². The Bertz CT molecular complexity index is 801. The molecule has 9 nitrogen and oxygen atoms in total. The third-order valence-electron chi connectivity index (χ3n) is 4.17. The van der Waals surface area contributed by atoms with E-state index in [9.17, 15) is 14.4 Å². The highest BCUT2D eigenvalue weighted by Crippen LogP contribution is 2.22. The maximum absolute atomic E-state index is 12.1. The van der Waals surface area contributed by atoms with Crippen LogP contribution in [0, 0.1) is 0 Å². The van der Waals surface area contributed by atoms with Gasteiger partial charge in [0, 0.05) is 6.42 Å². The third-order valence-corrected chi connectivity index (χ3v) is 4.17. The zero-order valence-corrected chi connectivity index (χ0v) is 19.5. The molecule has 0 saturated carbocycles. The van der Waals surface area contributed by atoms with Gasteiger partial charge in [-0.15, -0.1) is 6.58 Å². The fourth-order valence-corrected chi connectivity index (χ4v) is 2.72. The summed E-state index contributed by atoms with van der Waals surface area (Å²) in [5.41, 5.74) is 6.68. The molecular weight excluding hydrogens is 414 g/mol. The van der Waals surface area contributed by atoms with Crippen molar-refractivity contribution in [3.8, 4) is 5.75 Å². The molecule has 0 unspecified atom stereocenters. The number of hydrogen-bond acceptors (Lipinski definition) is 7. The van der Waals surface area contributed by atoms with E-state index >= 15 is 0 Å². The summed E-state index contributed by atoms with van der Waals surface area (Å²) in [7, 11) is 1.26. The summed E-state index contributed by atoms with van der Waals surface area (Å²) < 4.78 is 15.8. The van der Waals surface area contributed by atoms with Gasteiger partial charge >= 0.3 is 12.1 Å². The van der Waals surface area contributed by atoms with E-state index in [2.05, 4.69) is 17.2 Å². The first-order valence-electron chi connectivity index (χ1n) is 10.4. The molecule has 0 aliphatic carbocycles. The highest BCUT2D eigenvalue weighted by atomic mass is 16.6. The number of allylic oxidation sites excluding steroid dienone is 1. The SMILES string of the molecule is C=CCc1cc(C[C@H](NC(=O)[C@H](C)N)C(=O)OC)ccc1OCCNC(=O)OC(C)(C)C. The molecule has 0 saturated heterocycles. The summed E-state index contributed by atoms with van der Waals surface area (Å²) in [4.78, 5) is 35.8. The van der Waals surface area contributed by atoms with Crippen LogP contribution in [0.5, 0.6) is 5.75 Å². The number of esters is 1. The average molecular weight is 450 g/mol. The van der Waals surface area contributed by atoms with Crippen LogP contribution >= 0.6 is 0 Å². The summed E-state index contributed by atoms with van der Waals surface area (Å²) in [6, 6.07) is 3.86. The first kappa shape index (κ1) is 27.0. The summed E-state index contributed by atoms with van der Waals surface area (Å²) in [6.07, 6.45) is 2.00. The van der Waals surface area contributed by atoms with Gasteiger partial charge in [0.05, 0.1) is 19.7 Å². The third kappa shape index (κ3) is 9.82. The Morgan fingerprint density at radius 2 is 1.94 bits per heavy atom. The Labute approximate surface area is 189 Å². The summed E-state index contributed by atoms with van der Waals surface area (Å²) >= 11 is 0. The first-order valence-corrected chi connectivity index (χ1v) is 10.4. The molecule has 178 valence electrons. The molecule has 4 N–H and O–H groups in total. The molecule has 2 atom stereocenters. The molecule has 0 radical (unpaired) electrons. The van der Waals surface area contributed by atoms with Crippen LogP contribution in [0.4, 0.5) is 4.79 Å². The number of methoxy groups -OCH3 is 1. The second kappa shape index (κ2) is 12.7. The van der Waals surface area contributed by atoms with Crippen molar-refractivity contribution in [1.82, 2.24) is 10.6 Å². The fourth-order valence-electron chi connectivity index (χ4n) is 2.72. The lowest BCUT2D eigenvalue weighted by Crippen LogP contribution is -2.48. The van der Waals surface area contributed by atoms with Crippen LogP contribution in [0.25, 0.3) is 0 Å². The molecule has 1 aromatic rings. The summed E-state index contributed by atoms with van der Waals surface area (Å²) in [5, 5.41) is 5.24. The molecule has 1 rings (SSSR count). The van der Waals surface area contributed by atoms with E-state index in [1.165, 1.54) is 14.0 Å². The van der Waals surface area contributed by atoms with Gasteiger partial charge in [0.15, 0.2) is 0 Å². The number of hydrogen-bond donors (Lipinski definition) is 3. The smallest absolute Gasteiger partial charge is 0.407 e. The van der Waals surface area contributed by atoms with Gasteiger partial charge in [-0.2, -0.15) is 0 Å². The van der Waals surface area contributed by atoms with Crippen molar-refractivity contribution in [3.63, 3.8) is 0 Å². The lowest BCUT2D eigenvalue weighted by molar-refractivity contribution is -0.145. The van der Waals surface area contributed by atoms with Gasteiger partial charge in [0.1, 0.15) is 24.0 Å². The van der Waals surface area contributed by atoms with Crippen molar-refractivity contribution in [3.05, 3.63) is 42.0 Å². The number of benzene rings is 1. The first-order chi connectivity index (χ1) is 15.0. The minimum atomic E-state index is -0.861. The van der Waals surface area contributed by atoms with E-state index in [1.807, 2.05) is 6.07 Å². The van der Waals surface area contributed by atoms with Gasteiger partial charge in [-0.3, -0.25) is 4.79 Å². The Morgan fingerprint density at radius 3 is 2.50 bits per heavy atom. The van der Waals surface area contributed by atoms with Gasteiger partial charge in [-0.05, 0) is 51.3 Å². The second-order valence-corrected chi connectivity index (χ2v) is 8.29. The zero-order valence-electron chi connectivity index (χ0n) is 19.5. The van der Waals surface area contributed by atoms with Crippen LogP contribution in [0.2, 0.25) is 0 Å². The number of ether oxygens (including phenoxy) is 3. The Balaban J connectivity index is 2.81. The highest BCUT2D eigenvalue weighted by Gasteiger charge is 2.23. The van der Waals surface area contributed by atoms with Crippen LogP contribution in [0.15, 0.2) is 30.9 Å². The van der Waals surface area contributed by atoms with E-state index in [0.29, 0.717) is 12.2 Å². The molecule has 0 aromatic heterocycles. The van der Waals surface area contributed by atoms with Crippen LogP contribution < -0.4 is 21.1 Å². The lowest BCUT2D eigenvalue weighted by atomic mass is 10.0. The Morgan fingerprint density at radius 1 is 1.25 bits per heavy atom. The van der Waals surface area contributed by atoms with Crippen LogP contribution in [-0.2, 0) is 31.9 Å². The Hall–Kier alpha value is -3.07. The van der Waals surface area contributed by atoms with Gasteiger partial charge in [-0.1, -0.05) is 18.2 Å². The quantitative estimate of drug-likeness (QED) is 0.267. The van der Waals surface area contributed by atoms with Gasteiger partial charge in [-0.25, -0.2) is 9.59 Å². The molecule has 2 amide bonds. The second-order valence-electron chi connectivity index (χ2n) is 8.29. The van der Waals surface area contributed by atoms with Crippen molar-refractivity contribution in [2.24, 2.45) is 5.73 Å². The normalized spacial score (nSPS) is 12.8. The number of nitrogens with two attached hydrogens (primary N) is 1. The minimum Gasteiger partial charge on any atom is -0.491 e. The van der Waals surface area contributed by atoms with Gasteiger partial charge < -0.3 is 30.6 Å². The predicted molar refractivity (Wildman–Crippen MR) is 121 cm³/mol. The van der Waals surface area contributed by atoms with E-state index in [4.69, 9.17) is 19.9 Å². The highest BCUT2D eigenvalue weighted by molar-refractivity contribution is 5.87. The van der Waals surface area contributed by atoms with Crippen LogP contribution in [0.3, 0.4) is 0 Å². The van der Waals surface area contributed by atoms with Gasteiger partial charge in [0.2, 0.25) is 5.91 Å². The van der Waals surface area contributed by atoms with Crippen molar-refractivity contribution >= 4 is 18.0 Å². The molecular formula is C23H35N3O6. The van der Waals surface area contributed by atoms with E-state index in [1.54, 1.807) is 39.0 Å². The topological polar surface area (TPSA) is 129 Å². The zero-order chi connectivity index (χ0) is 24.3. The number of rotatable bonds is 11. The average Bonchev–Trinajstić information content (AvgIpc) is 2.70. The van der Waals surface area contributed by atoms with Crippen molar-refractivity contribution < 1.29 is 28.6 Å². The number of amides is 2. The minimum absolute atomic E-state index is 0.232. The summed E-state index contributed by atoms with van der Waals surface area (Å²) in [5.74, 6) is -0.365. The fraction of sp³-hybridized carbons (Fsp3) is 0.522. The number of carbonyl (C=O) groups is 3. The van der Waals surface area contributed by atoms with Crippen molar-refractivity contribution in [1.29, 1.82) is 0 Å². The number of alkyl carbamates (subject to hydrolysis) is 1. The monoisotopic (exact) mass is 449 g/mol. The number of nitrogens with one attached hydrogen (secondary N) is 2. The van der Waals surface area contributed by atoms with Gasteiger partial charge in [0.25, 0.3) is 0 Å². The standard InChI is InChI=1S/C23H35N3O6/c1-7-8-17-13-16(14-18(21(28)30-6)26-20(27)15(2)24)9-10-19(17)31-12-11-25-22(29)32-23(3,4)5/h7,9-10,13,15,18H,1,8,11-12,14,24H2,2-6H3,(H,25,29)(H,26,27)/t15-,18-/m0/s1. The maximum atomic E-state index is 12.1. The van der Waals surface area contributed by atoms with E-state index < -0.39 is 35.7 Å². The largest absolute Gasteiger partial charge is 0.491 e. The van der Waals surface area contributed by atoms with Crippen LogP contribution in [-0.4, -0.2) is 55.9 Å². The molecule has 0 spiro atoms. The van der Waals surface area contributed by atoms with E-state index in [-0.39, 0.29) is 19.6 Å². The molecule has 0 aliphatic heterocycles. The Kier molecular flexibility index (Phi) is 10.7. The number of carbonyl (C=O) groups excluding carboxylic acids is 3. The molecule has 9 heteroatoms. The molecule has 0 heterocycles. The maximum Gasteiger partial charge on any atom is 0.407 e. The lowest BCUT2D eigenvalue weighted by Gasteiger charge is -2.20. The predicted octanol–water partition coefficient (Wildman–Crippen LogP) is 1.87. The molecule has 1 aromatic carbocycles. The van der Waals surface area contributed by atoms with Crippen molar-refractivity contribution in [2.45, 2.75) is 58.2 Å². The summed E-state index contributed by atoms with van der Waals surface area (Å²) in [6.45, 7) is 11.2. The van der Waals surface area contributed by atoms with Crippen molar-refractivity contribution in [2.75, 3.05) is 20.3 Å². The molecule has 32 heavy (non-hydrogen) atoms. The molecule has 0 bridgehead atoms. The molecule has 0 fully saturated rings. The van der Waals surface area contributed by atoms with E-state index in [0.717, 1.165) is 11.1 Å².